The van der Waals surface area contributed by atoms with E-state index >= 15 is 0 Å². The quantitative estimate of drug-likeness (QED) is 0.257. The van der Waals surface area contributed by atoms with Gasteiger partial charge in [-0.05, 0) is 30.3 Å². The fourth-order valence-corrected chi connectivity index (χ4v) is 3.38. The molecule has 3 aromatic carbocycles. The minimum atomic E-state index is -0.613. The number of ketones is 1. The van der Waals surface area contributed by atoms with Gasteiger partial charge in [0.05, 0.1) is 16.2 Å². The third-order valence-corrected chi connectivity index (χ3v) is 4.95. The summed E-state index contributed by atoms with van der Waals surface area (Å²) in [6.07, 6.45) is 0. The summed E-state index contributed by atoms with van der Waals surface area (Å²) in [6, 6.07) is 18.0. The second kappa shape index (κ2) is 9.11. The summed E-state index contributed by atoms with van der Waals surface area (Å²) in [7, 11) is 0. The number of Topliss-reactive ketones (excluding diaryl/α,β-unsaturated/α-hetero) is 1. The molecule has 0 aromatic heterocycles. The number of nitro groups is 1. The van der Waals surface area contributed by atoms with Gasteiger partial charge in [-0.15, -0.1) is 11.8 Å². The summed E-state index contributed by atoms with van der Waals surface area (Å²) < 4.78 is 13.7. The zero-order valence-corrected chi connectivity index (χ0v) is 15.8. The predicted molar refractivity (Wildman–Crippen MR) is 109 cm³/mol. The number of rotatable bonds is 7. The molecule has 1 amide bonds. The molecule has 1 N–H and O–H groups in total. The largest absolute Gasteiger partial charge is 0.322 e. The highest BCUT2D eigenvalue weighted by Gasteiger charge is 2.13. The summed E-state index contributed by atoms with van der Waals surface area (Å²) in [5, 5.41) is 13.5. The van der Waals surface area contributed by atoms with Crippen molar-refractivity contribution < 1.29 is 18.9 Å². The number of hydrogen-bond acceptors (Lipinski definition) is 5. The van der Waals surface area contributed by atoms with Crippen molar-refractivity contribution >= 4 is 34.8 Å². The van der Waals surface area contributed by atoms with E-state index in [1.807, 2.05) is 0 Å². The van der Waals surface area contributed by atoms with Gasteiger partial charge in [0.1, 0.15) is 5.82 Å². The van der Waals surface area contributed by atoms with Gasteiger partial charge in [0.25, 0.3) is 11.6 Å². The van der Waals surface area contributed by atoms with E-state index in [-0.39, 0.29) is 28.4 Å². The predicted octanol–water partition coefficient (Wildman–Crippen LogP) is 4.96. The van der Waals surface area contributed by atoms with Crippen LogP contribution in [0.5, 0.6) is 0 Å². The number of non-ortho nitro benzene ring substituents is 1. The lowest BCUT2D eigenvalue weighted by atomic mass is 10.1. The summed E-state index contributed by atoms with van der Waals surface area (Å²) in [5.41, 5.74) is 0.520. The lowest BCUT2D eigenvalue weighted by molar-refractivity contribution is -0.384. The highest BCUT2D eigenvalue weighted by atomic mass is 32.2. The number of carbonyl (C=O) groups excluding carboxylic acids is 2. The Morgan fingerprint density at radius 3 is 2.52 bits per heavy atom. The number of anilines is 1. The molecule has 0 aliphatic heterocycles. The van der Waals surface area contributed by atoms with Crippen LogP contribution in [0.2, 0.25) is 0 Å². The van der Waals surface area contributed by atoms with Crippen LogP contribution in [0.4, 0.5) is 15.8 Å². The first-order valence-corrected chi connectivity index (χ1v) is 9.49. The summed E-state index contributed by atoms with van der Waals surface area (Å²) in [6.45, 7) is 0. The lowest BCUT2D eigenvalue weighted by Gasteiger charge is -2.08. The number of carbonyl (C=O) groups is 2. The molecule has 0 saturated carbocycles. The third-order valence-electron chi connectivity index (χ3n) is 3.96. The van der Waals surface area contributed by atoms with Gasteiger partial charge < -0.3 is 5.32 Å². The number of nitrogens with zero attached hydrogens (tertiary/aromatic N) is 1. The molecule has 3 rings (SSSR count). The number of benzene rings is 3. The van der Waals surface area contributed by atoms with E-state index in [0.717, 1.165) is 4.90 Å². The van der Waals surface area contributed by atoms with E-state index in [0.29, 0.717) is 5.69 Å². The SMILES string of the molecule is O=C(CSc1cccc(NC(=O)c2ccccc2F)c1)c1cccc([N+](=O)[O-])c1. The zero-order chi connectivity index (χ0) is 20.8. The smallest absolute Gasteiger partial charge is 0.270 e. The van der Waals surface area contributed by atoms with Crippen LogP contribution in [0.15, 0.2) is 77.7 Å². The van der Waals surface area contributed by atoms with Crippen LogP contribution in [0.1, 0.15) is 20.7 Å². The average Bonchev–Trinajstić information content (AvgIpc) is 2.72. The van der Waals surface area contributed by atoms with E-state index in [2.05, 4.69) is 5.32 Å². The minimum Gasteiger partial charge on any atom is -0.322 e. The Balaban J connectivity index is 1.65. The second-order valence-corrected chi connectivity index (χ2v) is 7.03. The van der Waals surface area contributed by atoms with Crippen molar-refractivity contribution in [1.82, 2.24) is 0 Å². The standard InChI is InChI=1S/C21H15FN2O4S/c22-19-10-2-1-9-18(19)21(26)23-15-6-4-8-17(12-15)29-13-20(25)14-5-3-7-16(11-14)24(27)28/h1-12H,13H2,(H,23,26). The van der Waals surface area contributed by atoms with Crippen molar-refractivity contribution in [3.63, 3.8) is 0 Å². The molecule has 0 unspecified atom stereocenters. The first kappa shape index (κ1) is 20.2. The van der Waals surface area contributed by atoms with Gasteiger partial charge >= 0.3 is 0 Å². The summed E-state index contributed by atoms with van der Waals surface area (Å²) >= 11 is 1.23. The monoisotopic (exact) mass is 410 g/mol. The normalized spacial score (nSPS) is 10.4. The van der Waals surface area contributed by atoms with E-state index in [4.69, 9.17) is 0 Å². The highest BCUT2D eigenvalue weighted by molar-refractivity contribution is 8.00. The number of hydrogen-bond donors (Lipinski definition) is 1. The van der Waals surface area contributed by atoms with Gasteiger partial charge in [-0.2, -0.15) is 0 Å². The van der Waals surface area contributed by atoms with Crippen molar-refractivity contribution in [2.75, 3.05) is 11.1 Å². The molecular formula is C21H15FN2O4S. The van der Waals surface area contributed by atoms with Crippen molar-refractivity contribution in [2.45, 2.75) is 4.90 Å². The molecule has 0 aliphatic rings. The Morgan fingerprint density at radius 2 is 1.76 bits per heavy atom. The van der Waals surface area contributed by atoms with Gasteiger partial charge in [0.15, 0.2) is 5.78 Å². The summed E-state index contributed by atoms with van der Waals surface area (Å²) in [4.78, 5) is 35.5. The summed E-state index contributed by atoms with van der Waals surface area (Å²) in [5.74, 6) is -1.36. The average molecular weight is 410 g/mol. The number of nitrogens with one attached hydrogen (secondary N) is 1. The first-order chi connectivity index (χ1) is 13.9. The van der Waals surface area contributed by atoms with Crippen molar-refractivity contribution in [3.8, 4) is 0 Å². The Labute approximate surface area is 169 Å². The number of halogens is 1. The Hall–Kier alpha value is -3.52. The number of amides is 1. The first-order valence-electron chi connectivity index (χ1n) is 8.50. The molecule has 0 bridgehead atoms. The van der Waals surface area contributed by atoms with Crippen molar-refractivity contribution in [2.24, 2.45) is 0 Å². The van der Waals surface area contributed by atoms with Crippen LogP contribution >= 0.6 is 11.8 Å². The van der Waals surface area contributed by atoms with E-state index in [9.17, 15) is 24.1 Å². The third kappa shape index (κ3) is 5.26. The van der Waals surface area contributed by atoms with Gasteiger partial charge in [0, 0.05) is 28.3 Å². The van der Waals surface area contributed by atoms with Crippen LogP contribution in [0, 0.1) is 15.9 Å². The highest BCUT2D eigenvalue weighted by Crippen LogP contribution is 2.24. The molecule has 6 nitrogen and oxygen atoms in total. The van der Waals surface area contributed by atoms with Gasteiger partial charge in [-0.25, -0.2) is 4.39 Å². The fraction of sp³-hybridized carbons (Fsp3) is 0.0476. The van der Waals surface area contributed by atoms with Crippen LogP contribution in [0.25, 0.3) is 0 Å². The van der Waals surface area contributed by atoms with Crippen molar-refractivity contribution in [1.29, 1.82) is 0 Å². The van der Waals surface area contributed by atoms with Gasteiger partial charge in [-0.3, -0.25) is 19.7 Å². The molecule has 29 heavy (non-hydrogen) atoms. The minimum absolute atomic E-state index is 0.0635. The van der Waals surface area contributed by atoms with Crippen molar-refractivity contribution in [3.05, 3.63) is 99.9 Å². The molecule has 0 spiro atoms. The maximum absolute atomic E-state index is 13.7. The maximum Gasteiger partial charge on any atom is 0.270 e. The topological polar surface area (TPSA) is 89.3 Å². The Morgan fingerprint density at radius 1 is 1.00 bits per heavy atom. The Bertz CT molecular complexity index is 1090. The zero-order valence-electron chi connectivity index (χ0n) is 15.0. The van der Waals surface area contributed by atoms with Gasteiger partial charge in [-0.1, -0.05) is 30.3 Å². The maximum atomic E-state index is 13.7. The van der Waals surface area contributed by atoms with E-state index in [1.165, 1.54) is 54.2 Å². The van der Waals surface area contributed by atoms with E-state index < -0.39 is 16.6 Å². The molecule has 3 aromatic rings. The molecule has 0 saturated heterocycles. The molecule has 0 aliphatic carbocycles. The van der Waals surface area contributed by atoms with Gasteiger partial charge in [0.2, 0.25) is 0 Å². The molecule has 8 heteroatoms. The van der Waals surface area contributed by atoms with Crippen LogP contribution in [-0.2, 0) is 0 Å². The van der Waals surface area contributed by atoms with Crippen LogP contribution in [0.3, 0.4) is 0 Å². The number of nitro benzene ring substituents is 1. The van der Waals surface area contributed by atoms with E-state index in [1.54, 1.807) is 30.3 Å². The molecular weight excluding hydrogens is 395 g/mol. The molecule has 146 valence electrons. The second-order valence-electron chi connectivity index (χ2n) is 5.98. The lowest BCUT2D eigenvalue weighted by Crippen LogP contribution is -2.13. The molecule has 0 atom stereocenters. The molecule has 0 heterocycles. The van der Waals surface area contributed by atoms with Crippen LogP contribution < -0.4 is 5.32 Å². The Kier molecular flexibility index (Phi) is 6.36. The number of thioether (sulfide) groups is 1. The van der Waals surface area contributed by atoms with Crippen LogP contribution in [-0.4, -0.2) is 22.4 Å². The fourth-order valence-electron chi connectivity index (χ4n) is 2.53. The molecule has 0 fully saturated rings. The molecule has 0 radical (unpaired) electrons.